The monoisotopic (exact) mass is 298 g/mol. The molecule has 1 amide bonds. The standard InChI is InChI=1S/C17H15FN2O2/c1-20(9-10-22-16-7-5-15(18)6-8-16)17(21)14-4-2-3-13(11-14)12-19/h2-8,11H,9-10H2,1H3. The van der Waals surface area contributed by atoms with Crippen LogP contribution in [0.4, 0.5) is 4.39 Å². The molecule has 0 aromatic heterocycles. The molecule has 0 heterocycles. The Kier molecular flexibility index (Phi) is 5.10. The maximum absolute atomic E-state index is 12.8. The molecule has 0 radical (unpaired) electrons. The van der Waals surface area contributed by atoms with E-state index in [-0.39, 0.29) is 11.7 Å². The van der Waals surface area contributed by atoms with Gasteiger partial charge in [-0.15, -0.1) is 0 Å². The highest BCUT2D eigenvalue weighted by Gasteiger charge is 2.12. The predicted molar refractivity (Wildman–Crippen MR) is 80.0 cm³/mol. The van der Waals surface area contributed by atoms with Gasteiger partial charge in [0.2, 0.25) is 0 Å². The number of hydrogen-bond donors (Lipinski definition) is 0. The third-order valence-electron chi connectivity index (χ3n) is 3.09. The largest absolute Gasteiger partial charge is 0.492 e. The number of carbonyl (C=O) groups excluding carboxylic acids is 1. The fourth-order valence-electron chi connectivity index (χ4n) is 1.87. The third-order valence-corrected chi connectivity index (χ3v) is 3.09. The normalized spacial score (nSPS) is 9.86. The molecule has 0 saturated heterocycles. The van der Waals surface area contributed by atoms with Gasteiger partial charge in [0.05, 0.1) is 18.2 Å². The highest BCUT2D eigenvalue weighted by molar-refractivity contribution is 5.94. The zero-order chi connectivity index (χ0) is 15.9. The van der Waals surface area contributed by atoms with Crippen LogP contribution in [0.1, 0.15) is 15.9 Å². The minimum atomic E-state index is -0.322. The zero-order valence-corrected chi connectivity index (χ0v) is 12.1. The Hall–Kier alpha value is -2.87. The van der Waals surface area contributed by atoms with Crippen molar-refractivity contribution in [1.82, 2.24) is 4.90 Å². The average Bonchev–Trinajstić information content (AvgIpc) is 2.56. The van der Waals surface area contributed by atoms with E-state index < -0.39 is 0 Å². The molecule has 0 spiro atoms. The summed E-state index contributed by atoms with van der Waals surface area (Å²) in [4.78, 5) is 13.7. The van der Waals surface area contributed by atoms with Crippen LogP contribution in [-0.4, -0.2) is 31.0 Å². The lowest BCUT2D eigenvalue weighted by atomic mass is 10.1. The Labute approximate surface area is 128 Å². The Morgan fingerprint density at radius 2 is 2.00 bits per heavy atom. The number of halogens is 1. The van der Waals surface area contributed by atoms with Crippen molar-refractivity contribution >= 4 is 5.91 Å². The first-order valence-corrected chi connectivity index (χ1v) is 6.74. The maximum atomic E-state index is 12.8. The molecule has 0 N–H and O–H groups in total. The molecule has 0 aliphatic rings. The predicted octanol–water partition coefficient (Wildman–Crippen LogP) is 2.85. The summed E-state index contributed by atoms with van der Waals surface area (Å²) in [7, 11) is 1.66. The smallest absolute Gasteiger partial charge is 0.253 e. The van der Waals surface area contributed by atoms with E-state index in [0.29, 0.717) is 30.0 Å². The Bertz CT molecular complexity index is 693. The molecule has 0 atom stereocenters. The van der Waals surface area contributed by atoms with Gasteiger partial charge in [-0.2, -0.15) is 5.26 Å². The molecule has 4 nitrogen and oxygen atoms in total. The van der Waals surface area contributed by atoms with Crippen molar-refractivity contribution in [2.75, 3.05) is 20.2 Å². The van der Waals surface area contributed by atoms with Gasteiger partial charge in [-0.05, 0) is 42.5 Å². The Morgan fingerprint density at radius 1 is 1.27 bits per heavy atom. The van der Waals surface area contributed by atoms with Gasteiger partial charge in [-0.3, -0.25) is 4.79 Å². The van der Waals surface area contributed by atoms with E-state index in [1.165, 1.54) is 29.2 Å². The number of hydrogen-bond acceptors (Lipinski definition) is 3. The van der Waals surface area contributed by atoms with Gasteiger partial charge in [0, 0.05) is 12.6 Å². The van der Waals surface area contributed by atoms with Crippen LogP contribution in [-0.2, 0) is 0 Å². The molecule has 0 fully saturated rings. The van der Waals surface area contributed by atoms with E-state index in [2.05, 4.69) is 0 Å². The molecule has 0 unspecified atom stereocenters. The maximum Gasteiger partial charge on any atom is 0.253 e. The minimum Gasteiger partial charge on any atom is -0.492 e. The van der Waals surface area contributed by atoms with Crippen molar-refractivity contribution in [3.63, 3.8) is 0 Å². The van der Waals surface area contributed by atoms with E-state index in [1.54, 1.807) is 31.3 Å². The summed E-state index contributed by atoms with van der Waals surface area (Å²) in [5.74, 6) is 0.0468. The van der Waals surface area contributed by atoms with Crippen LogP contribution in [0, 0.1) is 17.1 Å². The van der Waals surface area contributed by atoms with Crippen molar-refractivity contribution in [2.24, 2.45) is 0 Å². The molecule has 0 aliphatic carbocycles. The lowest BCUT2D eigenvalue weighted by molar-refractivity contribution is 0.0773. The molecule has 2 rings (SSSR count). The summed E-state index contributed by atoms with van der Waals surface area (Å²) in [6.45, 7) is 0.679. The second-order valence-electron chi connectivity index (χ2n) is 4.72. The lowest BCUT2D eigenvalue weighted by Crippen LogP contribution is -2.30. The van der Waals surface area contributed by atoms with Crippen LogP contribution < -0.4 is 4.74 Å². The fourth-order valence-corrected chi connectivity index (χ4v) is 1.87. The van der Waals surface area contributed by atoms with Crippen molar-refractivity contribution in [3.8, 4) is 11.8 Å². The SMILES string of the molecule is CN(CCOc1ccc(F)cc1)C(=O)c1cccc(C#N)c1. The lowest BCUT2D eigenvalue weighted by Gasteiger charge is -2.17. The first-order valence-electron chi connectivity index (χ1n) is 6.74. The molecule has 112 valence electrons. The van der Waals surface area contributed by atoms with Gasteiger partial charge in [0.25, 0.3) is 5.91 Å². The van der Waals surface area contributed by atoms with Gasteiger partial charge < -0.3 is 9.64 Å². The summed E-state index contributed by atoms with van der Waals surface area (Å²) in [6, 6.07) is 14.3. The van der Waals surface area contributed by atoms with Crippen molar-refractivity contribution in [2.45, 2.75) is 0 Å². The molecule has 0 saturated carbocycles. The number of likely N-dealkylation sites (N-methyl/N-ethyl adjacent to an activating group) is 1. The first-order chi connectivity index (χ1) is 10.6. The van der Waals surface area contributed by atoms with E-state index >= 15 is 0 Å². The summed E-state index contributed by atoms with van der Waals surface area (Å²) in [6.07, 6.45) is 0. The van der Waals surface area contributed by atoms with E-state index in [9.17, 15) is 9.18 Å². The Morgan fingerprint density at radius 3 is 2.68 bits per heavy atom. The summed E-state index contributed by atoms with van der Waals surface area (Å²) in [5, 5.41) is 8.85. The molecule has 2 aromatic rings. The van der Waals surface area contributed by atoms with Gasteiger partial charge in [-0.1, -0.05) is 6.07 Å². The quantitative estimate of drug-likeness (QED) is 0.853. The molecule has 5 heteroatoms. The van der Waals surface area contributed by atoms with Gasteiger partial charge in [-0.25, -0.2) is 4.39 Å². The second kappa shape index (κ2) is 7.23. The second-order valence-corrected chi connectivity index (χ2v) is 4.72. The summed E-state index contributed by atoms with van der Waals surface area (Å²) < 4.78 is 18.2. The van der Waals surface area contributed by atoms with E-state index in [0.717, 1.165) is 0 Å². The molecule has 0 aliphatic heterocycles. The van der Waals surface area contributed by atoms with Crippen molar-refractivity contribution < 1.29 is 13.9 Å². The van der Waals surface area contributed by atoms with Crippen molar-refractivity contribution in [1.29, 1.82) is 5.26 Å². The van der Waals surface area contributed by atoms with Gasteiger partial charge >= 0.3 is 0 Å². The van der Waals surface area contributed by atoms with Gasteiger partial charge in [0.1, 0.15) is 18.2 Å². The van der Waals surface area contributed by atoms with Crippen LogP contribution in [0.2, 0.25) is 0 Å². The van der Waals surface area contributed by atoms with E-state index in [4.69, 9.17) is 10.00 Å². The van der Waals surface area contributed by atoms with Crippen LogP contribution in [0.15, 0.2) is 48.5 Å². The van der Waals surface area contributed by atoms with Crippen LogP contribution in [0.25, 0.3) is 0 Å². The van der Waals surface area contributed by atoms with Crippen molar-refractivity contribution in [3.05, 3.63) is 65.5 Å². The summed E-state index contributed by atoms with van der Waals surface area (Å²) >= 11 is 0. The average molecular weight is 298 g/mol. The molecule has 22 heavy (non-hydrogen) atoms. The number of amides is 1. The molecular formula is C17H15FN2O2. The van der Waals surface area contributed by atoms with Crippen LogP contribution in [0.3, 0.4) is 0 Å². The molecular weight excluding hydrogens is 283 g/mol. The zero-order valence-electron chi connectivity index (χ0n) is 12.1. The highest BCUT2D eigenvalue weighted by Crippen LogP contribution is 2.11. The third kappa shape index (κ3) is 4.06. The number of ether oxygens (including phenoxy) is 1. The van der Waals surface area contributed by atoms with Gasteiger partial charge in [0.15, 0.2) is 0 Å². The number of benzene rings is 2. The molecule has 0 bridgehead atoms. The number of nitriles is 1. The summed E-state index contributed by atoms with van der Waals surface area (Å²) in [5.41, 5.74) is 0.908. The number of nitrogens with zero attached hydrogens (tertiary/aromatic N) is 2. The van der Waals surface area contributed by atoms with E-state index in [1.807, 2.05) is 6.07 Å². The number of carbonyl (C=O) groups is 1. The van der Waals surface area contributed by atoms with Crippen LogP contribution >= 0.6 is 0 Å². The highest BCUT2D eigenvalue weighted by atomic mass is 19.1. The Balaban J connectivity index is 1.88. The molecule has 2 aromatic carbocycles. The fraction of sp³-hybridized carbons (Fsp3) is 0.176. The number of rotatable bonds is 5. The van der Waals surface area contributed by atoms with Crippen LogP contribution in [0.5, 0.6) is 5.75 Å². The first kappa shape index (κ1) is 15.5. The topological polar surface area (TPSA) is 53.3 Å². The minimum absolute atomic E-state index is 0.181.